The van der Waals surface area contributed by atoms with Crippen LogP contribution in [0.4, 0.5) is 4.39 Å². The molecule has 3 aromatic rings. The number of hydrogen-bond acceptors (Lipinski definition) is 5. The predicted octanol–water partition coefficient (Wildman–Crippen LogP) is 3.60. The van der Waals surface area contributed by atoms with Crippen LogP contribution in [0.1, 0.15) is 16.1 Å². The molecule has 0 saturated heterocycles. The predicted molar refractivity (Wildman–Crippen MR) is 95.7 cm³/mol. The highest BCUT2D eigenvalue weighted by Crippen LogP contribution is 2.22. The third-order valence-electron chi connectivity index (χ3n) is 3.63. The Morgan fingerprint density at radius 3 is 2.41 bits per heavy atom. The van der Waals surface area contributed by atoms with Crippen LogP contribution in [0.15, 0.2) is 54.6 Å². The number of methoxy groups -OCH3 is 1. The van der Waals surface area contributed by atoms with Gasteiger partial charge >= 0.3 is 11.9 Å². The Labute approximate surface area is 159 Å². The Morgan fingerprint density at radius 2 is 1.78 bits per heavy atom. The van der Waals surface area contributed by atoms with E-state index in [4.69, 9.17) is 16.3 Å². The number of carbonyl (C=O) groups excluding carboxylic acids is 2. The minimum Gasteiger partial charge on any atom is -0.469 e. The zero-order valence-corrected chi connectivity index (χ0v) is 14.9. The van der Waals surface area contributed by atoms with Crippen molar-refractivity contribution in [3.63, 3.8) is 0 Å². The van der Waals surface area contributed by atoms with Crippen molar-refractivity contribution in [3.05, 3.63) is 76.7 Å². The van der Waals surface area contributed by atoms with Gasteiger partial charge in [-0.2, -0.15) is 5.10 Å². The van der Waals surface area contributed by atoms with E-state index in [1.54, 1.807) is 12.1 Å². The lowest BCUT2D eigenvalue weighted by Crippen LogP contribution is -2.11. The SMILES string of the molecule is COC(=O)Cc1cc(OC(=O)c2ccc(Cl)cc2)n(-c2ccc(F)cc2)n1. The standard InChI is InChI=1S/C19H14ClFN2O4/c1-26-18(24)11-15-10-17(23(22-15)16-8-6-14(21)7-9-16)27-19(25)12-2-4-13(20)5-3-12/h2-10H,11H2,1H3. The zero-order chi connectivity index (χ0) is 19.4. The van der Waals surface area contributed by atoms with Gasteiger partial charge in [-0.3, -0.25) is 4.79 Å². The van der Waals surface area contributed by atoms with Crippen molar-refractivity contribution < 1.29 is 23.5 Å². The summed E-state index contributed by atoms with van der Waals surface area (Å²) in [5, 5.41) is 4.74. The van der Waals surface area contributed by atoms with E-state index in [1.807, 2.05) is 0 Å². The first-order chi connectivity index (χ1) is 13.0. The first-order valence-corrected chi connectivity index (χ1v) is 8.23. The Bertz CT molecular complexity index is 968. The third kappa shape index (κ3) is 4.51. The average molecular weight is 389 g/mol. The second-order valence-corrected chi connectivity index (χ2v) is 5.95. The number of halogens is 2. The van der Waals surface area contributed by atoms with Gasteiger partial charge < -0.3 is 9.47 Å². The Kier molecular flexibility index (Phi) is 5.52. The summed E-state index contributed by atoms with van der Waals surface area (Å²) in [7, 11) is 1.26. The van der Waals surface area contributed by atoms with Crippen molar-refractivity contribution in [1.82, 2.24) is 9.78 Å². The smallest absolute Gasteiger partial charge is 0.344 e. The van der Waals surface area contributed by atoms with E-state index >= 15 is 0 Å². The van der Waals surface area contributed by atoms with Gasteiger partial charge in [0.2, 0.25) is 5.88 Å². The lowest BCUT2D eigenvalue weighted by Gasteiger charge is -2.08. The van der Waals surface area contributed by atoms with Crippen molar-refractivity contribution in [2.24, 2.45) is 0 Å². The molecule has 0 aliphatic rings. The molecular weight excluding hydrogens is 375 g/mol. The van der Waals surface area contributed by atoms with Crippen molar-refractivity contribution in [1.29, 1.82) is 0 Å². The number of hydrogen-bond donors (Lipinski definition) is 0. The molecule has 0 saturated carbocycles. The molecule has 27 heavy (non-hydrogen) atoms. The number of aromatic nitrogens is 2. The molecular formula is C19H14ClFN2O4. The molecule has 0 N–H and O–H groups in total. The maximum Gasteiger partial charge on any atom is 0.344 e. The highest BCUT2D eigenvalue weighted by molar-refractivity contribution is 6.30. The van der Waals surface area contributed by atoms with Crippen LogP contribution >= 0.6 is 11.6 Å². The quantitative estimate of drug-likeness (QED) is 0.624. The van der Waals surface area contributed by atoms with E-state index in [-0.39, 0.29) is 12.3 Å². The second kappa shape index (κ2) is 8.01. The van der Waals surface area contributed by atoms with Crippen molar-refractivity contribution in [3.8, 4) is 11.6 Å². The third-order valence-corrected chi connectivity index (χ3v) is 3.88. The van der Waals surface area contributed by atoms with Gasteiger partial charge in [-0.05, 0) is 48.5 Å². The molecule has 6 nitrogen and oxygen atoms in total. The molecule has 0 spiro atoms. The monoisotopic (exact) mass is 388 g/mol. The van der Waals surface area contributed by atoms with Crippen LogP contribution in [0.3, 0.4) is 0 Å². The largest absolute Gasteiger partial charge is 0.469 e. The molecule has 0 aliphatic heterocycles. The van der Waals surface area contributed by atoms with Crippen molar-refractivity contribution in [2.45, 2.75) is 6.42 Å². The van der Waals surface area contributed by atoms with Gasteiger partial charge in [0.25, 0.3) is 0 Å². The van der Waals surface area contributed by atoms with E-state index in [0.717, 1.165) is 0 Å². The molecule has 1 heterocycles. The average Bonchev–Trinajstić information content (AvgIpc) is 3.04. The molecule has 0 fully saturated rings. The lowest BCUT2D eigenvalue weighted by molar-refractivity contribution is -0.139. The van der Waals surface area contributed by atoms with Crippen molar-refractivity contribution >= 4 is 23.5 Å². The molecule has 2 aromatic carbocycles. The summed E-state index contributed by atoms with van der Waals surface area (Å²) in [5.74, 6) is -1.45. The second-order valence-electron chi connectivity index (χ2n) is 5.51. The highest BCUT2D eigenvalue weighted by Gasteiger charge is 2.18. The molecule has 8 heteroatoms. The summed E-state index contributed by atoms with van der Waals surface area (Å²) in [6.07, 6.45) is -0.101. The van der Waals surface area contributed by atoms with Gasteiger partial charge in [-0.15, -0.1) is 0 Å². The van der Waals surface area contributed by atoms with E-state index < -0.39 is 17.8 Å². The summed E-state index contributed by atoms with van der Waals surface area (Å²) in [6.45, 7) is 0. The van der Waals surface area contributed by atoms with Crippen LogP contribution in [-0.2, 0) is 16.0 Å². The first kappa shape index (κ1) is 18.6. The summed E-state index contributed by atoms with van der Waals surface area (Å²) in [4.78, 5) is 23.9. The maximum atomic E-state index is 13.2. The minimum absolute atomic E-state index is 0.0838. The van der Waals surface area contributed by atoms with E-state index in [9.17, 15) is 14.0 Å². The maximum absolute atomic E-state index is 13.2. The lowest BCUT2D eigenvalue weighted by atomic mass is 10.2. The fourth-order valence-corrected chi connectivity index (χ4v) is 2.42. The van der Waals surface area contributed by atoms with Crippen molar-refractivity contribution in [2.75, 3.05) is 7.11 Å². The summed E-state index contributed by atoms with van der Waals surface area (Å²) >= 11 is 5.82. The van der Waals surface area contributed by atoms with Crippen LogP contribution in [-0.4, -0.2) is 28.8 Å². The van der Waals surface area contributed by atoms with Crippen LogP contribution in [0.25, 0.3) is 5.69 Å². The Morgan fingerprint density at radius 1 is 1.11 bits per heavy atom. The summed E-state index contributed by atoms with van der Waals surface area (Å²) in [6, 6.07) is 13.1. The molecule has 0 radical (unpaired) electrons. The van der Waals surface area contributed by atoms with Crippen LogP contribution in [0.2, 0.25) is 5.02 Å². The number of esters is 2. The molecule has 0 atom stereocenters. The number of carbonyl (C=O) groups is 2. The van der Waals surface area contributed by atoms with Gasteiger partial charge in [0, 0.05) is 11.1 Å². The molecule has 0 unspecified atom stereocenters. The van der Waals surface area contributed by atoms with Gasteiger partial charge in [0.15, 0.2) is 0 Å². The molecule has 0 bridgehead atoms. The fourth-order valence-electron chi connectivity index (χ4n) is 2.30. The van der Waals surface area contributed by atoms with Gasteiger partial charge in [-0.1, -0.05) is 11.6 Å². The number of nitrogens with zero attached hydrogens (tertiary/aromatic N) is 2. The van der Waals surface area contributed by atoms with E-state index in [1.165, 1.54) is 54.3 Å². The summed E-state index contributed by atoms with van der Waals surface area (Å²) < 4.78 is 24.6. The van der Waals surface area contributed by atoms with E-state index in [2.05, 4.69) is 9.84 Å². The van der Waals surface area contributed by atoms with Crippen LogP contribution < -0.4 is 4.74 Å². The Balaban J connectivity index is 1.93. The topological polar surface area (TPSA) is 70.4 Å². The highest BCUT2D eigenvalue weighted by atomic mass is 35.5. The molecule has 1 aromatic heterocycles. The minimum atomic E-state index is -0.625. The van der Waals surface area contributed by atoms with Crippen LogP contribution in [0, 0.1) is 5.82 Å². The number of benzene rings is 2. The Hall–Kier alpha value is -3.19. The van der Waals surface area contributed by atoms with Crippen LogP contribution in [0.5, 0.6) is 5.88 Å². The zero-order valence-electron chi connectivity index (χ0n) is 14.2. The van der Waals surface area contributed by atoms with Gasteiger partial charge in [-0.25, -0.2) is 13.9 Å². The normalized spacial score (nSPS) is 10.5. The fraction of sp³-hybridized carbons (Fsp3) is 0.105. The first-order valence-electron chi connectivity index (χ1n) is 7.85. The van der Waals surface area contributed by atoms with Gasteiger partial charge in [0.05, 0.1) is 30.5 Å². The summed E-state index contributed by atoms with van der Waals surface area (Å²) in [5.41, 5.74) is 1.09. The number of rotatable bonds is 5. The van der Waals surface area contributed by atoms with E-state index in [0.29, 0.717) is 22.0 Å². The molecule has 0 aliphatic carbocycles. The van der Waals surface area contributed by atoms with Gasteiger partial charge in [0.1, 0.15) is 5.82 Å². The number of ether oxygens (including phenoxy) is 2. The molecule has 138 valence electrons. The molecule has 0 amide bonds. The molecule has 3 rings (SSSR count).